The van der Waals surface area contributed by atoms with Crippen LogP contribution in [-0.4, -0.2) is 71.8 Å². The summed E-state index contributed by atoms with van der Waals surface area (Å²) in [5.41, 5.74) is -0.241. The standard InChI is InChI=1S/C18H27N3O6S2/c1-14-12-28(23,24)21(17(14)22)15-4-6-16(7-5-15)29(25,26)19-13-18(2,3)20-8-10-27-11-9-20/h4-7,14,19H,8-13H2,1-3H3. The third-order valence-electron chi connectivity index (χ3n) is 5.30. The van der Waals surface area contributed by atoms with Crippen LogP contribution >= 0.6 is 0 Å². The van der Waals surface area contributed by atoms with Crippen LogP contribution in [0.3, 0.4) is 0 Å². The highest BCUT2D eigenvalue weighted by molar-refractivity contribution is 7.94. The first-order chi connectivity index (χ1) is 13.4. The number of sulfonamides is 2. The van der Waals surface area contributed by atoms with Crippen molar-refractivity contribution >= 4 is 31.6 Å². The normalized spacial score (nSPS) is 23.5. The molecule has 162 valence electrons. The van der Waals surface area contributed by atoms with Gasteiger partial charge in [-0.05, 0) is 38.1 Å². The van der Waals surface area contributed by atoms with E-state index in [2.05, 4.69) is 9.62 Å². The summed E-state index contributed by atoms with van der Waals surface area (Å²) >= 11 is 0. The Kier molecular flexibility index (Phi) is 6.08. The number of amides is 1. The number of morpholine rings is 1. The van der Waals surface area contributed by atoms with Crippen molar-refractivity contribution in [2.45, 2.75) is 31.2 Å². The molecule has 0 aliphatic carbocycles. The van der Waals surface area contributed by atoms with Crippen molar-refractivity contribution < 1.29 is 26.4 Å². The van der Waals surface area contributed by atoms with Gasteiger partial charge in [0.1, 0.15) is 0 Å². The second-order valence-electron chi connectivity index (χ2n) is 8.01. The minimum Gasteiger partial charge on any atom is -0.379 e. The highest BCUT2D eigenvalue weighted by Gasteiger charge is 2.42. The molecule has 1 aromatic carbocycles. The van der Waals surface area contributed by atoms with Crippen LogP contribution in [0, 0.1) is 5.92 Å². The summed E-state index contributed by atoms with van der Waals surface area (Å²) in [5, 5.41) is 0. The molecule has 11 heteroatoms. The molecular weight excluding hydrogens is 418 g/mol. The molecule has 0 spiro atoms. The second-order valence-corrected chi connectivity index (χ2v) is 11.6. The zero-order valence-corrected chi connectivity index (χ0v) is 18.4. The van der Waals surface area contributed by atoms with Gasteiger partial charge in [0.25, 0.3) is 0 Å². The Labute approximate surface area is 172 Å². The van der Waals surface area contributed by atoms with Crippen molar-refractivity contribution in [2.24, 2.45) is 5.92 Å². The van der Waals surface area contributed by atoms with Crippen LogP contribution in [0.5, 0.6) is 0 Å². The number of rotatable bonds is 6. The van der Waals surface area contributed by atoms with E-state index < -0.39 is 31.9 Å². The lowest BCUT2D eigenvalue weighted by atomic mass is 10.0. The van der Waals surface area contributed by atoms with E-state index in [9.17, 15) is 21.6 Å². The Balaban J connectivity index is 1.72. The van der Waals surface area contributed by atoms with E-state index >= 15 is 0 Å². The molecule has 2 aliphatic heterocycles. The Morgan fingerprint density at radius 2 is 1.76 bits per heavy atom. The zero-order chi connectivity index (χ0) is 21.4. The Morgan fingerprint density at radius 3 is 2.28 bits per heavy atom. The lowest BCUT2D eigenvalue weighted by Gasteiger charge is -2.40. The van der Waals surface area contributed by atoms with Gasteiger partial charge in [-0.25, -0.2) is 25.9 Å². The third-order valence-corrected chi connectivity index (χ3v) is 8.59. The smallest absolute Gasteiger partial charge is 0.244 e. The van der Waals surface area contributed by atoms with Gasteiger partial charge in [0.05, 0.1) is 35.5 Å². The summed E-state index contributed by atoms with van der Waals surface area (Å²) in [6, 6.07) is 5.31. The van der Waals surface area contributed by atoms with Gasteiger partial charge in [-0.15, -0.1) is 0 Å². The van der Waals surface area contributed by atoms with Crippen LogP contribution in [0.4, 0.5) is 5.69 Å². The van der Waals surface area contributed by atoms with Gasteiger partial charge < -0.3 is 4.74 Å². The number of nitrogens with zero attached hydrogens (tertiary/aromatic N) is 2. The van der Waals surface area contributed by atoms with Gasteiger partial charge in [0.15, 0.2) is 0 Å². The van der Waals surface area contributed by atoms with Crippen LogP contribution < -0.4 is 9.03 Å². The minimum absolute atomic E-state index is 0.0103. The van der Waals surface area contributed by atoms with Gasteiger partial charge in [0.2, 0.25) is 26.0 Å². The maximum Gasteiger partial charge on any atom is 0.244 e. The van der Waals surface area contributed by atoms with Gasteiger partial charge in [-0.3, -0.25) is 9.69 Å². The number of hydrogen-bond acceptors (Lipinski definition) is 7. The molecule has 3 rings (SSSR count). The molecule has 1 amide bonds. The van der Waals surface area contributed by atoms with Gasteiger partial charge >= 0.3 is 0 Å². The summed E-state index contributed by atoms with van der Waals surface area (Å²) in [4.78, 5) is 14.4. The number of carbonyl (C=O) groups excluding carboxylic acids is 1. The zero-order valence-electron chi connectivity index (χ0n) is 16.8. The molecular formula is C18H27N3O6S2. The molecule has 2 saturated heterocycles. The average molecular weight is 446 g/mol. The van der Waals surface area contributed by atoms with Crippen LogP contribution in [0.15, 0.2) is 29.2 Å². The Bertz CT molecular complexity index is 967. The first-order valence-corrected chi connectivity index (χ1v) is 12.5. The van der Waals surface area contributed by atoms with Crippen molar-refractivity contribution in [1.29, 1.82) is 0 Å². The number of anilines is 1. The number of ether oxygens (including phenoxy) is 1. The summed E-state index contributed by atoms with van der Waals surface area (Å²) in [7, 11) is -7.51. The van der Waals surface area contributed by atoms with Crippen LogP contribution in [0.2, 0.25) is 0 Å². The molecule has 1 aromatic rings. The van der Waals surface area contributed by atoms with Crippen molar-refractivity contribution in [1.82, 2.24) is 9.62 Å². The Hall–Kier alpha value is -1.53. The molecule has 29 heavy (non-hydrogen) atoms. The molecule has 9 nitrogen and oxygen atoms in total. The molecule has 1 atom stereocenters. The first kappa shape index (κ1) is 22.2. The maximum atomic E-state index is 12.7. The monoisotopic (exact) mass is 445 g/mol. The number of benzene rings is 1. The number of hydrogen-bond donors (Lipinski definition) is 1. The third kappa shape index (κ3) is 4.64. The molecule has 0 aromatic heterocycles. The quantitative estimate of drug-likeness (QED) is 0.674. The summed E-state index contributed by atoms with van der Waals surface area (Å²) < 4.78 is 58.5. The maximum absolute atomic E-state index is 12.7. The fourth-order valence-electron chi connectivity index (χ4n) is 3.48. The minimum atomic E-state index is -3.79. The Morgan fingerprint density at radius 1 is 1.17 bits per heavy atom. The predicted octanol–water partition coefficient (Wildman–Crippen LogP) is 0.388. The average Bonchev–Trinajstić information content (AvgIpc) is 2.88. The number of nitrogens with one attached hydrogen (secondary N) is 1. The fourth-order valence-corrected chi connectivity index (χ4v) is 6.51. The predicted molar refractivity (Wildman–Crippen MR) is 109 cm³/mol. The number of carbonyl (C=O) groups is 1. The molecule has 2 fully saturated rings. The lowest BCUT2D eigenvalue weighted by molar-refractivity contribution is -0.119. The molecule has 2 aliphatic rings. The molecule has 0 bridgehead atoms. The van der Waals surface area contributed by atoms with Crippen molar-refractivity contribution in [3.63, 3.8) is 0 Å². The van der Waals surface area contributed by atoms with Gasteiger partial charge in [-0.2, -0.15) is 0 Å². The van der Waals surface area contributed by atoms with Crippen LogP contribution in [0.1, 0.15) is 20.8 Å². The molecule has 1 N–H and O–H groups in total. The molecule has 0 saturated carbocycles. The van der Waals surface area contributed by atoms with E-state index in [4.69, 9.17) is 4.74 Å². The van der Waals surface area contributed by atoms with Crippen molar-refractivity contribution in [2.75, 3.05) is 42.9 Å². The molecule has 0 radical (unpaired) electrons. The largest absolute Gasteiger partial charge is 0.379 e. The highest BCUT2D eigenvalue weighted by atomic mass is 32.2. The van der Waals surface area contributed by atoms with Crippen molar-refractivity contribution in [3.8, 4) is 0 Å². The summed E-state index contributed by atoms with van der Waals surface area (Å²) in [6.07, 6.45) is 0. The van der Waals surface area contributed by atoms with Gasteiger partial charge in [-0.1, -0.05) is 6.92 Å². The van der Waals surface area contributed by atoms with E-state index in [0.29, 0.717) is 13.2 Å². The molecule has 1 unspecified atom stereocenters. The van der Waals surface area contributed by atoms with Gasteiger partial charge in [0, 0.05) is 25.2 Å². The van der Waals surface area contributed by atoms with E-state index in [0.717, 1.165) is 17.4 Å². The van der Waals surface area contributed by atoms with Crippen molar-refractivity contribution in [3.05, 3.63) is 24.3 Å². The highest BCUT2D eigenvalue weighted by Crippen LogP contribution is 2.29. The fraction of sp³-hybridized carbons (Fsp3) is 0.611. The topological polar surface area (TPSA) is 113 Å². The van der Waals surface area contributed by atoms with E-state index in [1.807, 2.05) is 13.8 Å². The van der Waals surface area contributed by atoms with E-state index in [-0.39, 0.29) is 28.4 Å². The van der Waals surface area contributed by atoms with E-state index in [1.54, 1.807) is 6.92 Å². The lowest BCUT2D eigenvalue weighted by Crippen LogP contribution is -2.55. The summed E-state index contributed by atoms with van der Waals surface area (Å²) in [6.45, 7) is 8.42. The first-order valence-electron chi connectivity index (χ1n) is 9.43. The summed E-state index contributed by atoms with van der Waals surface area (Å²) in [5.74, 6) is -1.37. The van der Waals surface area contributed by atoms with Crippen LogP contribution in [0.25, 0.3) is 0 Å². The second kappa shape index (κ2) is 7.95. The SMILES string of the molecule is CC1CS(=O)(=O)N(c2ccc(S(=O)(=O)NCC(C)(C)N3CCOCC3)cc2)C1=O. The molecule has 2 heterocycles. The van der Waals surface area contributed by atoms with E-state index in [1.165, 1.54) is 24.3 Å². The van der Waals surface area contributed by atoms with Crippen LogP contribution in [-0.2, 0) is 29.6 Å².